The summed E-state index contributed by atoms with van der Waals surface area (Å²) in [5.74, 6) is 0. The van der Waals surface area contributed by atoms with Gasteiger partial charge in [0.05, 0.1) is 0 Å². The van der Waals surface area contributed by atoms with E-state index in [1.807, 2.05) is 0 Å². The number of hydrogen-bond acceptors (Lipinski definition) is 2. The van der Waals surface area contributed by atoms with Gasteiger partial charge < -0.3 is 0 Å². The maximum atomic E-state index is 12.0. The summed E-state index contributed by atoms with van der Waals surface area (Å²) in [4.78, 5) is 0. The third-order valence-corrected chi connectivity index (χ3v) is 3.47. The Morgan fingerprint density at radius 2 is 2.00 bits per heavy atom. The average molecular weight is 292 g/mol. The minimum absolute atomic E-state index is 0.156. The van der Waals surface area contributed by atoms with Crippen LogP contribution in [0.25, 0.3) is 0 Å². The van der Waals surface area contributed by atoms with Gasteiger partial charge in [0.2, 0.25) is 0 Å². The van der Waals surface area contributed by atoms with Gasteiger partial charge in [0.15, 0.2) is 0 Å². The fourth-order valence-electron chi connectivity index (χ4n) is 0.767. The van der Waals surface area contributed by atoms with Gasteiger partial charge in [-0.05, 0) is 11.6 Å². The van der Waals surface area contributed by atoms with E-state index < -0.39 is 15.5 Å². The maximum absolute atomic E-state index is 12.0. The van der Waals surface area contributed by atoms with Crippen molar-refractivity contribution in [3.8, 4) is 0 Å². The number of alkyl halides is 4. The van der Waals surface area contributed by atoms with Crippen LogP contribution in [0.3, 0.4) is 0 Å². The van der Waals surface area contributed by atoms with Gasteiger partial charge in [-0.1, -0.05) is 15.9 Å². The molecule has 0 aliphatic rings. The topological polar surface area (TPSA) is 39.1 Å². The highest BCUT2D eigenvalue weighted by atomic mass is 79.9. The normalized spacial score (nSPS) is 13.1. The van der Waals surface area contributed by atoms with Crippen molar-refractivity contribution in [1.29, 1.82) is 0 Å². The summed E-state index contributed by atoms with van der Waals surface area (Å²) in [7, 11) is -5.27. The van der Waals surface area contributed by atoms with Crippen molar-refractivity contribution in [2.45, 2.75) is 10.8 Å². The Bertz CT molecular complexity index is 423. The SMILES string of the molecule is O=S(=O)(n1ccc(CBr)c1)C(F)(F)F. The van der Waals surface area contributed by atoms with E-state index in [9.17, 15) is 21.6 Å². The largest absolute Gasteiger partial charge is 0.517 e. The van der Waals surface area contributed by atoms with Gasteiger partial charge in [-0.2, -0.15) is 21.6 Å². The van der Waals surface area contributed by atoms with Gasteiger partial charge in [-0.3, -0.25) is 0 Å². The first-order valence-electron chi connectivity index (χ1n) is 3.33. The molecule has 8 heteroatoms. The van der Waals surface area contributed by atoms with Crippen LogP contribution < -0.4 is 0 Å². The first kappa shape index (κ1) is 11.6. The summed E-state index contributed by atoms with van der Waals surface area (Å²) < 4.78 is 57.8. The molecule has 0 spiro atoms. The summed E-state index contributed by atoms with van der Waals surface area (Å²) in [6.45, 7) is 0. The van der Waals surface area contributed by atoms with E-state index in [2.05, 4.69) is 15.9 Å². The molecule has 0 saturated heterocycles. The van der Waals surface area contributed by atoms with Crippen molar-refractivity contribution in [2.24, 2.45) is 0 Å². The van der Waals surface area contributed by atoms with Crippen LogP contribution in [0.2, 0.25) is 0 Å². The third kappa shape index (κ3) is 1.95. The third-order valence-electron chi connectivity index (χ3n) is 1.45. The second kappa shape index (κ2) is 3.58. The van der Waals surface area contributed by atoms with Crippen molar-refractivity contribution in [3.63, 3.8) is 0 Å². The molecule has 1 aromatic heterocycles. The molecule has 0 N–H and O–H groups in total. The summed E-state index contributed by atoms with van der Waals surface area (Å²) in [6.07, 6.45) is 1.77. The highest BCUT2D eigenvalue weighted by molar-refractivity contribution is 9.08. The maximum Gasteiger partial charge on any atom is 0.517 e. The molecule has 80 valence electrons. The second-order valence-electron chi connectivity index (χ2n) is 2.43. The standard InChI is InChI=1S/C6H5BrF3NO2S/c7-3-5-1-2-11(4-5)14(12,13)6(8,9)10/h1-2,4H,3H2. The molecule has 1 aromatic rings. The van der Waals surface area contributed by atoms with Gasteiger partial charge in [0.25, 0.3) is 0 Å². The van der Waals surface area contributed by atoms with Crippen molar-refractivity contribution < 1.29 is 21.6 Å². The molecule has 3 nitrogen and oxygen atoms in total. The Morgan fingerprint density at radius 1 is 1.43 bits per heavy atom. The van der Waals surface area contributed by atoms with E-state index in [0.717, 1.165) is 12.4 Å². The van der Waals surface area contributed by atoms with Gasteiger partial charge in [0.1, 0.15) is 0 Å². The second-order valence-corrected chi connectivity index (χ2v) is 4.83. The molecule has 0 radical (unpaired) electrons. The van der Waals surface area contributed by atoms with Gasteiger partial charge in [-0.25, -0.2) is 3.97 Å². The van der Waals surface area contributed by atoms with Gasteiger partial charge in [0, 0.05) is 17.7 Å². The summed E-state index contributed by atoms with van der Waals surface area (Å²) in [6, 6.07) is 1.29. The van der Waals surface area contributed by atoms with Crippen LogP contribution in [-0.4, -0.2) is 17.9 Å². The number of hydrogen-bond donors (Lipinski definition) is 0. The fraction of sp³-hybridized carbons (Fsp3) is 0.333. The van der Waals surface area contributed by atoms with Crippen LogP contribution >= 0.6 is 15.9 Å². The number of aromatic nitrogens is 1. The Balaban J connectivity index is 3.18. The molecule has 0 saturated carbocycles. The monoisotopic (exact) mass is 291 g/mol. The lowest BCUT2D eigenvalue weighted by atomic mass is 10.4. The summed E-state index contributed by atoms with van der Waals surface area (Å²) >= 11 is 3.00. The quantitative estimate of drug-likeness (QED) is 0.783. The average Bonchev–Trinajstić information content (AvgIpc) is 2.49. The van der Waals surface area contributed by atoms with Crippen LogP contribution in [0.4, 0.5) is 13.2 Å². The van der Waals surface area contributed by atoms with Gasteiger partial charge >= 0.3 is 15.5 Å². The molecule has 1 rings (SSSR count). The van der Waals surface area contributed by atoms with Crippen LogP contribution in [-0.2, 0) is 15.4 Å². The molecule has 0 amide bonds. The van der Waals surface area contributed by atoms with Crippen LogP contribution in [0.15, 0.2) is 18.5 Å². The van der Waals surface area contributed by atoms with E-state index in [-0.39, 0.29) is 3.97 Å². The first-order chi connectivity index (χ1) is 6.29. The molecule has 0 atom stereocenters. The number of nitrogens with zero attached hydrogens (tertiary/aromatic N) is 1. The van der Waals surface area contributed by atoms with E-state index in [4.69, 9.17) is 0 Å². The zero-order valence-electron chi connectivity index (χ0n) is 6.62. The predicted octanol–water partition coefficient (Wildman–Crippen LogP) is 2.08. The molecule has 0 aliphatic carbocycles. The highest BCUT2D eigenvalue weighted by Crippen LogP contribution is 2.25. The van der Waals surface area contributed by atoms with Gasteiger partial charge in [-0.15, -0.1) is 0 Å². The summed E-state index contributed by atoms with van der Waals surface area (Å²) in [5, 5.41) is 0.299. The Hall–Kier alpha value is -0.500. The first-order valence-corrected chi connectivity index (χ1v) is 5.90. The summed E-state index contributed by atoms with van der Waals surface area (Å²) in [5.41, 5.74) is -4.81. The lowest BCUT2D eigenvalue weighted by Crippen LogP contribution is -2.28. The van der Waals surface area contributed by atoms with E-state index in [0.29, 0.717) is 10.9 Å². The highest BCUT2D eigenvalue weighted by Gasteiger charge is 2.47. The van der Waals surface area contributed by atoms with Crippen LogP contribution in [0, 0.1) is 0 Å². The molecule has 0 aliphatic heterocycles. The lowest BCUT2D eigenvalue weighted by molar-refractivity contribution is -0.0446. The Labute approximate surface area is 86.7 Å². The van der Waals surface area contributed by atoms with Crippen molar-refractivity contribution in [2.75, 3.05) is 0 Å². The van der Waals surface area contributed by atoms with E-state index in [1.54, 1.807) is 0 Å². The zero-order chi connectivity index (χ0) is 11.0. The Morgan fingerprint density at radius 3 is 2.36 bits per heavy atom. The molecule has 0 unspecified atom stereocenters. The van der Waals surface area contributed by atoms with E-state index >= 15 is 0 Å². The van der Waals surface area contributed by atoms with Crippen molar-refractivity contribution >= 4 is 26.0 Å². The molecular formula is C6H5BrF3NO2S. The van der Waals surface area contributed by atoms with Crippen LogP contribution in [0.1, 0.15) is 5.56 Å². The molecule has 0 fully saturated rings. The lowest BCUT2D eigenvalue weighted by Gasteiger charge is -2.07. The number of rotatable bonds is 2. The minimum atomic E-state index is -5.27. The smallest absolute Gasteiger partial charge is 0.245 e. The molecule has 14 heavy (non-hydrogen) atoms. The van der Waals surface area contributed by atoms with Crippen molar-refractivity contribution in [1.82, 2.24) is 3.97 Å². The fourth-order valence-corrected chi connectivity index (χ4v) is 1.83. The Kier molecular flexibility index (Phi) is 2.96. The van der Waals surface area contributed by atoms with E-state index in [1.165, 1.54) is 6.07 Å². The zero-order valence-corrected chi connectivity index (χ0v) is 9.03. The molecule has 0 aromatic carbocycles. The number of halogens is 4. The minimum Gasteiger partial charge on any atom is -0.245 e. The van der Waals surface area contributed by atoms with Crippen molar-refractivity contribution in [3.05, 3.63) is 24.0 Å². The molecular weight excluding hydrogens is 287 g/mol. The van der Waals surface area contributed by atoms with Crippen LogP contribution in [0.5, 0.6) is 0 Å². The molecule has 0 bridgehead atoms. The predicted molar refractivity (Wildman–Crippen MR) is 47.4 cm³/mol. The molecule has 1 heterocycles.